The molecular formula is C18H22N2O2S. The van der Waals surface area contributed by atoms with Crippen molar-refractivity contribution < 1.29 is 9.53 Å². The fraction of sp³-hybridized carbons (Fsp3) is 0.444. The van der Waals surface area contributed by atoms with Crippen molar-refractivity contribution in [3.05, 3.63) is 34.6 Å². The number of carbonyl (C=O) groups excluding carboxylic acids is 1. The molecule has 0 saturated carbocycles. The van der Waals surface area contributed by atoms with Gasteiger partial charge in [0.15, 0.2) is 12.0 Å². The molecule has 0 fully saturated rings. The van der Waals surface area contributed by atoms with Crippen molar-refractivity contribution in [1.29, 1.82) is 0 Å². The van der Waals surface area contributed by atoms with E-state index in [2.05, 4.69) is 22.3 Å². The maximum atomic E-state index is 11.3. The lowest BCUT2D eigenvalue weighted by Crippen LogP contribution is -2.34. The van der Waals surface area contributed by atoms with Crippen LogP contribution in [-0.4, -0.2) is 31.1 Å². The summed E-state index contributed by atoms with van der Waals surface area (Å²) in [4.78, 5) is 13.8. The molecule has 5 heteroatoms. The quantitative estimate of drug-likeness (QED) is 0.398. The second-order valence-corrected chi connectivity index (χ2v) is 6.34. The van der Waals surface area contributed by atoms with Crippen LogP contribution in [0.2, 0.25) is 0 Å². The Hall–Kier alpha value is -1.88. The van der Waals surface area contributed by atoms with Gasteiger partial charge >= 0.3 is 0 Å². The molecule has 0 spiro atoms. The Kier molecular flexibility index (Phi) is 4.96. The third-order valence-electron chi connectivity index (χ3n) is 4.31. The van der Waals surface area contributed by atoms with Gasteiger partial charge in [0.25, 0.3) is 5.17 Å². The summed E-state index contributed by atoms with van der Waals surface area (Å²) in [5.74, 6) is 0.242. The van der Waals surface area contributed by atoms with E-state index < -0.39 is 0 Å². The van der Waals surface area contributed by atoms with Crippen molar-refractivity contribution in [2.24, 2.45) is 0 Å². The molecule has 2 aliphatic heterocycles. The molecule has 1 N–H and O–H groups in total. The number of allylic oxidation sites excluding steroid dienone is 1. The minimum atomic E-state index is 0.233. The second kappa shape index (κ2) is 7.13. The molecule has 0 unspecified atom stereocenters. The first-order valence-corrected chi connectivity index (χ1v) is 8.65. The Morgan fingerprint density at radius 2 is 1.96 bits per heavy atom. The van der Waals surface area contributed by atoms with Crippen LogP contribution in [0, 0.1) is 0 Å². The first-order chi connectivity index (χ1) is 11.2. The number of aryl methyl sites for hydroxylation is 2. The Labute approximate surface area is 142 Å². The number of rotatable bonds is 4. The number of anilines is 1. The topological polar surface area (TPSA) is 41.6 Å². The van der Waals surface area contributed by atoms with Crippen molar-refractivity contribution in [3.8, 4) is 0 Å². The zero-order valence-corrected chi connectivity index (χ0v) is 14.2. The van der Waals surface area contributed by atoms with E-state index in [1.807, 2.05) is 6.92 Å². The third kappa shape index (κ3) is 3.55. The summed E-state index contributed by atoms with van der Waals surface area (Å²) < 4.78 is 5.40. The number of hydrogen-bond donors (Lipinski definition) is 1. The average molecular weight is 330 g/mol. The van der Waals surface area contributed by atoms with Gasteiger partial charge in [0, 0.05) is 25.3 Å². The van der Waals surface area contributed by atoms with Gasteiger partial charge in [-0.2, -0.15) is 0 Å². The fourth-order valence-corrected chi connectivity index (χ4v) is 3.69. The van der Waals surface area contributed by atoms with E-state index in [9.17, 15) is 4.79 Å². The number of carbonyl (C=O) groups is 1. The van der Waals surface area contributed by atoms with Crippen molar-refractivity contribution >= 4 is 35.4 Å². The molecule has 0 aromatic heterocycles. The Morgan fingerprint density at radius 3 is 2.52 bits per heavy atom. The molecule has 4 nitrogen and oxygen atoms in total. The molecular weight excluding hydrogens is 308 g/mol. The smallest absolute Gasteiger partial charge is 0.262 e. The summed E-state index contributed by atoms with van der Waals surface area (Å²) in [5, 5.41) is 3.12. The number of nitrogens with zero attached hydrogens (tertiary/aromatic N) is 1. The summed E-state index contributed by atoms with van der Waals surface area (Å²) in [6.45, 7) is 4.92. The standard InChI is InChI=1S/C18H22N2O2S/c1-2-19-18(23)22-16(12-21)11-13-9-14-5-3-7-20-8-4-6-15(10-13)17(14)20/h9-12H,2-8H2,1H3,(H,19,23)/b16-11+. The minimum absolute atomic E-state index is 0.233. The van der Waals surface area contributed by atoms with Crippen molar-refractivity contribution in [2.45, 2.75) is 32.6 Å². The van der Waals surface area contributed by atoms with Gasteiger partial charge < -0.3 is 15.0 Å². The lowest BCUT2D eigenvalue weighted by atomic mass is 9.90. The maximum absolute atomic E-state index is 11.3. The van der Waals surface area contributed by atoms with E-state index >= 15 is 0 Å². The van der Waals surface area contributed by atoms with Gasteiger partial charge in [0.05, 0.1) is 0 Å². The largest absolute Gasteiger partial charge is 0.428 e. The summed E-state index contributed by atoms with van der Waals surface area (Å²) >= 11 is 5.04. The van der Waals surface area contributed by atoms with E-state index in [1.54, 1.807) is 6.08 Å². The Bertz CT molecular complexity index is 623. The molecule has 1 aromatic rings. The number of ether oxygens (including phenoxy) is 1. The summed E-state index contributed by atoms with van der Waals surface area (Å²) in [7, 11) is 0. The first kappa shape index (κ1) is 16.0. The highest BCUT2D eigenvalue weighted by atomic mass is 32.1. The normalized spacial score (nSPS) is 16.6. The number of nitrogens with one attached hydrogen (secondary N) is 1. The molecule has 2 heterocycles. The second-order valence-electron chi connectivity index (χ2n) is 5.97. The molecule has 0 amide bonds. The predicted molar refractivity (Wildman–Crippen MR) is 96.7 cm³/mol. The Morgan fingerprint density at radius 1 is 1.30 bits per heavy atom. The average Bonchev–Trinajstić information content (AvgIpc) is 2.55. The molecule has 0 bridgehead atoms. The van der Waals surface area contributed by atoms with Gasteiger partial charge in [-0.3, -0.25) is 4.79 Å². The zero-order chi connectivity index (χ0) is 16.2. The van der Waals surface area contributed by atoms with Crippen LogP contribution < -0.4 is 10.2 Å². The highest BCUT2D eigenvalue weighted by molar-refractivity contribution is 7.80. The Balaban J connectivity index is 1.89. The molecule has 0 saturated heterocycles. The molecule has 1 aromatic carbocycles. The van der Waals surface area contributed by atoms with Crippen molar-refractivity contribution in [3.63, 3.8) is 0 Å². The van der Waals surface area contributed by atoms with E-state index in [0.29, 0.717) is 12.8 Å². The third-order valence-corrected chi connectivity index (χ3v) is 4.54. The van der Waals surface area contributed by atoms with Crippen LogP contribution in [0.4, 0.5) is 5.69 Å². The molecule has 0 aliphatic carbocycles. The fourth-order valence-electron chi connectivity index (χ4n) is 3.45. The summed E-state index contributed by atoms with van der Waals surface area (Å²) in [5.41, 5.74) is 5.22. The van der Waals surface area contributed by atoms with Gasteiger partial charge in [0.2, 0.25) is 0 Å². The van der Waals surface area contributed by atoms with Crippen molar-refractivity contribution in [2.75, 3.05) is 24.5 Å². The SMILES string of the molecule is CCNC(=S)O/C(C=O)=C/c1cc2c3c(c1)CCCN3CCC2. The summed E-state index contributed by atoms with van der Waals surface area (Å²) in [6.07, 6.45) is 7.09. The molecule has 2 aliphatic rings. The summed E-state index contributed by atoms with van der Waals surface area (Å²) in [6, 6.07) is 4.36. The van der Waals surface area contributed by atoms with E-state index in [0.717, 1.165) is 31.5 Å². The number of hydrogen-bond acceptors (Lipinski definition) is 4. The van der Waals surface area contributed by atoms with E-state index in [-0.39, 0.29) is 10.9 Å². The first-order valence-electron chi connectivity index (χ1n) is 8.24. The van der Waals surface area contributed by atoms with Crippen LogP contribution in [0.1, 0.15) is 36.5 Å². The molecule has 0 atom stereocenters. The van der Waals surface area contributed by atoms with Crippen LogP contribution in [-0.2, 0) is 22.4 Å². The number of benzene rings is 1. The molecule has 122 valence electrons. The van der Waals surface area contributed by atoms with Crippen LogP contribution in [0.3, 0.4) is 0 Å². The lowest BCUT2D eigenvalue weighted by molar-refractivity contribution is -0.106. The highest BCUT2D eigenvalue weighted by Crippen LogP contribution is 2.36. The van der Waals surface area contributed by atoms with Crippen molar-refractivity contribution in [1.82, 2.24) is 5.32 Å². The van der Waals surface area contributed by atoms with Crippen LogP contribution in [0.25, 0.3) is 6.08 Å². The van der Waals surface area contributed by atoms with Crippen LogP contribution >= 0.6 is 12.2 Å². The molecule has 0 radical (unpaired) electrons. The van der Waals surface area contributed by atoms with Gasteiger partial charge in [-0.1, -0.05) is 0 Å². The number of aldehydes is 1. The molecule has 3 rings (SSSR count). The van der Waals surface area contributed by atoms with Gasteiger partial charge in [-0.15, -0.1) is 0 Å². The highest BCUT2D eigenvalue weighted by Gasteiger charge is 2.23. The molecule has 23 heavy (non-hydrogen) atoms. The van der Waals surface area contributed by atoms with Gasteiger partial charge in [0.1, 0.15) is 0 Å². The number of thiocarbonyl (C=S) groups is 1. The monoisotopic (exact) mass is 330 g/mol. The van der Waals surface area contributed by atoms with E-state index in [1.165, 1.54) is 29.7 Å². The van der Waals surface area contributed by atoms with Crippen LogP contribution in [0.5, 0.6) is 0 Å². The minimum Gasteiger partial charge on any atom is -0.428 e. The van der Waals surface area contributed by atoms with Gasteiger partial charge in [-0.05, 0) is 79.7 Å². The van der Waals surface area contributed by atoms with E-state index in [4.69, 9.17) is 17.0 Å². The maximum Gasteiger partial charge on any atom is 0.262 e. The van der Waals surface area contributed by atoms with Crippen LogP contribution in [0.15, 0.2) is 17.9 Å². The zero-order valence-electron chi connectivity index (χ0n) is 13.4. The predicted octanol–water partition coefficient (Wildman–Crippen LogP) is 2.84. The lowest BCUT2D eigenvalue weighted by Gasteiger charge is -2.37. The van der Waals surface area contributed by atoms with Gasteiger partial charge in [-0.25, -0.2) is 0 Å².